The minimum Gasteiger partial charge on any atom is -0.397 e. The number of ether oxygens (including phenoxy) is 1. The number of H-pyrrole nitrogens is 1. The van der Waals surface area contributed by atoms with Crippen molar-refractivity contribution in [2.45, 2.75) is 25.6 Å². The summed E-state index contributed by atoms with van der Waals surface area (Å²) >= 11 is 0. The van der Waals surface area contributed by atoms with Crippen LogP contribution in [0.4, 0.5) is 5.69 Å². The monoisotopic (exact) mass is 253 g/mol. The summed E-state index contributed by atoms with van der Waals surface area (Å²) in [5.74, 6) is -0.124. The van der Waals surface area contributed by atoms with Crippen LogP contribution in [0.15, 0.2) is 12.3 Å². The summed E-state index contributed by atoms with van der Waals surface area (Å²) < 4.78 is 5.67. The highest BCUT2D eigenvalue weighted by Crippen LogP contribution is 2.22. The predicted octanol–water partition coefficient (Wildman–Crippen LogP) is 0.209. The van der Waals surface area contributed by atoms with E-state index in [1.807, 2.05) is 13.8 Å². The molecule has 2 heterocycles. The third-order valence-corrected chi connectivity index (χ3v) is 2.91. The minimum absolute atomic E-state index is 0.0971. The molecule has 1 aromatic heterocycles. The Morgan fingerprint density at radius 1 is 1.72 bits per heavy atom. The Balaban J connectivity index is 2.14. The molecule has 18 heavy (non-hydrogen) atoms. The maximum atomic E-state index is 12.3. The minimum atomic E-state index is -0.459. The number of nitrogen functional groups attached to an aromatic ring is 1. The molecule has 0 spiro atoms. The van der Waals surface area contributed by atoms with E-state index in [9.17, 15) is 9.90 Å². The molecule has 0 aliphatic carbocycles. The van der Waals surface area contributed by atoms with E-state index in [1.54, 1.807) is 17.2 Å². The normalized spacial score (nSPS) is 23.1. The van der Waals surface area contributed by atoms with E-state index < -0.39 is 5.60 Å². The average molecular weight is 253 g/mol. The number of nitrogens with two attached hydrogens (primary N) is 1. The van der Waals surface area contributed by atoms with Gasteiger partial charge in [0, 0.05) is 25.0 Å². The zero-order valence-electron chi connectivity index (χ0n) is 10.6. The van der Waals surface area contributed by atoms with E-state index in [0.29, 0.717) is 24.5 Å². The predicted molar refractivity (Wildman–Crippen MR) is 67.1 cm³/mol. The number of carbonyl (C=O) groups is 1. The SMILES string of the molecule is CC1(C)CN(C(=O)c2cc(N)c[nH]2)CC(CO)O1. The van der Waals surface area contributed by atoms with Crippen LogP contribution in [0.3, 0.4) is 0 Å². The first-order valence-corrected chi connectivity index (χ1v) is 5.93. The molecule has 2 rings (SSSR count). The summed E-state index contributed by atoms with van der Waals surface area (Å²) in [5.41, 5.74) is 6.12. The van der Waals surface area contributed by atoms with E-state index in [-0.39, 0.29) is 18.6 Å². The fourth-order valence-electron chi connectivity index (χ4n) is 2.25. The first-order valence-electron chi connectivity index (χ1n) is 5.93. The Labute approximate surface area is 106 Å². The van der Waals surface area contributed by atoms with Crippen LogP contribution in [0.1, 0.15) is 24.3 Å². The van der Waals surface area contributed by atoms with Crippen LogP contribution in [-0.4, -0.2) is 52.3 Å². The van der Waals surface area contributed by atoms with Gasteiger partial charge >= 0.3 is 0 Å². The van der Waals surface area contributed by atoms with Crippen molar-refractivity contribution in [2.24, 2.45) is 0 Å². The molecule has 0 radical (unpaired) electrons. The van der Waals surface area contributed by atoms with Gasteiger partial charge < -0.3 is 25.5 Å². The zero-order valence-corrected chi connectivity index (χ0v) is 10.6. The molecule has 1 aromatic rings. The fourth-order valence-corrected chi connectivity index (χ4v) is 2.25. The number of carbonyl (C=O) groups excluding carboxylic acids is 1. The number of aliphatic hydroxyl groups is 1. The van der Waals surface area contributed by atoms with Crippen molar-refractivity contribution in [1.29, 1.82) is 0 Å². The maximum Gasteiger partial charge on any atom is 0.270 e. The number of aromatic nitrogens is 1. The quantitative estimate of drug-likeness (QED) is 0.702. The van der Waals surface area contributed by atoms with Crippen molar-refractivity contribution in [3.63, 3.8) is 0 Å². The summed E-state index contributed by atoms with van der Waals surface area (Å²) in [4.78, 5) is 16.8. The second kappa shape index (κ2) is 4.62. The molecule has 1 fully saturated rings. The van der Waals surface area contributed by atoms with E-state index in [1.165, 1.54) is 0 Å². The van der Waals surface area contributed by atoms with Crippen LogP contribution in [0.25, 0.3) is 0 Å². The number of aliphatic hydroxyl groups excluding tert-OH is 1. The molecule has 0 bridgehead atoms. The Morgan fingerprint density at radius 2 is 2.44 bits per heavy atom. The highest BCUT2D eigenvalue weighted by molar-refractivity contribution is 5.93. The van der Waals surface area contributed by atoms with Crippen molar-refractivity contribution in [1.82, 2.24) is 9.88 Å². The topological polar surface area (TPSA) is 91.6 Å². The molecule has 6 nitrogen and oxygen atoms in total. The van der Waals surface area contributed by atoms with Crippen LogP contribution in [0, 0.1) is 0 Å². The number of amides is 1. The largest absolute Gasteiger partial charge is 0.397 e. The Hall–Kier alpha value is -1.53. The van der Waals surface area contributed by atoms with Crippen LogP contribution < -0.4 is 5.73 Å². The van der Waals surface area contributed by atoms with Crippen molar-refractivity contribution < 1.29 is 14.6 Å². The summed E-state index contributed by atoms with van der Waals surface area (Å²) in [5, 5.41) is 9.21. The standard InChI is InChI=1S/C12H19N3O3/c1-12(2)7-15(5-9(6-16)18-12)11(17)10-3-8(13)4-14-10/h3-4,9,14,16H,5-7,13H2,1-2H3. The molecular weight excluding hydrogens is 234 g/mol. The number of nitrogens with zero attached hydrogens (tertiary/aromatic N) is 1. The molecule has 1 amide bonds. The summed E-state index contributed by atoms with van der Waals surface area (Å²) in [6.45, 7) is 4.58. The summed E-state index contributed by atoms with van der Waals surface area (Å²) in [6.07, 6.45) is 1.24. The number of nitrogens with one attached hydrogen (secondary N) is 1. The second-order valence-corrected chi connectivity index (χ2v) is 5.21. The van der Waals surface area contributed by atoms with Gasteiger partial charge in [-0.3, -0.25) is 4.79 Å². The lowest BCUT2D eigenvalue weighted by molar-refractivity contribution is -0.139. The van der Waals surface area contributed by atoms with Crippen molar-refractivity contribution in [3.8, 4) is 0 Å². The van der Waals surface area contributed by atoms with Crippen LogP contribution in [0.2, 0.25) is 0 Å². The Morgan fingerprint density at radius 3 is 3.00 bits per heavy atom. The van der Waals surface area contributed by atoms with Gasteiger partial charge in [0.25, 0.3) is 5.91 Å². The molecule has 1 atom stereocenters. The van der Waals surface area contributed by atoms with Crippen LogP contribution in [-0.2, 0) is 4.74 Å². The highest BCUT2D eigenvalue weighted by Gasteiger charge is 2.35. The number of morpholine rings is 1. The van der Waals surface area contributed by atoms with Crippen molar-refractivity contribution >= 4 is 11.6 Å². The molecule has 1 saturated heterocycles. The number of anilines is 1. The Bertz CT molecular complexity index is 442. The number of aromatic amines is 1. The highest BCUT2D eigenvalue weighted by atomic mass is 16.5. The molecule has 1 aliphatic heterocycles. The summed E-state index contributed by atoms with van der Waals surface area (Å²) in [6, 6.07) is 1.61. The van der Waals surface area contributed by atoms with Gasteiger partial charge in [-0.1, -0.05) is 0 Å². The van der Waals surface area contributed by atoms with Crippen molar-refractivity contribution in [2.75, 3.05) is 25.4 Å². The van der Waals surface area contributed by atoms with Gasteiger partial charge in [0.05, 0.1) is 18.3 Å². The van der Waals surface area contributed by atoms with Gasteiger partial charge in [-0.05, 0) is 19.9 Å². The van der Waals surface area contributed by atoms with E-state index in [2.05, 4.69) is 4.98 Å². The molecule has 0 aromatic carbocycles. The molecule has 0 saturated carbocycles. The summed E-state index contributed by atoms with van der Waals surface area (Å²) in [7, 11) is 0. The lowest BCUT2D eigenvalue weighted by atomic mass is 10.0. The van der Waals surface area contributed by atoms with Gasteiger partial charge in [0.2, 0.25) is 0 Å². The second-order valence-electron chi connectivity index (χ2n) is 5.21. The number of hydrogen-bond donors (Lipinski definition) is 3. The Kier molecular flexibility index (Phi) is 3.32. The molecule has 1 aliphatic rings. The molecule has 1 unspecified atom stereocenters. The van der Waals surface area contributed by atoms with E-state index >= 15 is 0 Å². The van der Waals surface area contributed by atoms with Gasteiger partial charge in [-0.15, -0.1) is 0 Å². The molecular formula is C12H19N3O3. The van der Waals surface area contributed by atoms with Gasteiger partial charge in [-0.25, -0.2) is 0 Å². The van der Waals surface area contributed by atoms with Gasteiger partial charge in [0.1, 0.15) is 5.69 Å². The maximum absolute atomic E-state index is 12.3. The number of rotatable bonds is 2. The third kappa shape index (κ3) is 2.65. The van der Waals surface area contributed by atoms with Gasteiger partial charge in [0.15, 0.2) is 0 Å². The average Bonchev–Trinajstić information content (AvgIpc) is 2.72. The molecule has 100 valence electrons. The lowest BCUT2D eigenvalue weighted by Crippen LogP contribution is -2.55. The van der Waals surface area contributed by atoms with E-state index in [4.69, 9.17) is 10.5 Å². The van der Waals surface area contributed by atoms with Gasteiger partial charge in [-0.2, -0.15) is 0 Å². The zero-order chi connectivity index (χ0) is 13.3. The third-order valence-electron chi connectivity index (χ3n) is 2.91. The smallest absolute Gasteiger partial charge is 0.270 e. The van der Waals surface area contributed by atoms with Crippen LogP contribution in [0.5, 0.6) is 0 Å². The van der Waals surface area contributed by atoms with Crippen LogP contribution >= 0.6 is 0 Å². The fraction of sp³-hybridized carbons (Fsp3) is 0.583. The molecule has 4 N–H and O–H groups in total. The number of hydrogen-bond acceptors (Lipinski definition) is 4. The van der Waals surface area contributed by atoms with Crippen molar-refractivity contribution in [3.05, 3.63) is 18.0 Å². The first-order chi connectivity index (χ1) is 8.41. The first kappa shape index (κ1) is 12.9. The lowest BCUT2D eigenvalue weighted by Gasteiger charge is -2.42. The van der Waals surface area contributed by atoms with E-state index in [0.717, 1.165) is 0 Å². The molecule has 6 heteroatoms.